The van der Waals surface area contributed by atoms with Gasteiger partial charge in [-0.2, -0.15) is 0 Å². The number of alkyl carbamates (subject to hydrolysis) is 1. The summed E-state index contributed by atoms with van der Waals surface area (Å²) >= 11 is 0. The van der Waals surface area contributed by atoms with Gasteiger partial charge in [0.1, 0.15) is 5.60 Å². The van der Waals surface area contributed by atoms with Crippen LogP contribution in [0, 0.1) is 0 Å². The molecule has 6 nitrogen and oxygen atoms in total. The standard InChI is InChI=1S/C18H30NO5P/c1-6-22-25(21,23-7-2)14-16(13-15-11-9-8-10-12-15)19-17(20)24-18(3,4)5/h8-12,16H,6-7,13-14H2,1-5H3,(H,19,20)/t16-/m1/s1. The molecule has 0 aliphatic rings. The molecule has 0 radical (unpaired) electrons. The highest BCUT2D eigenvalue weighted by molar-refractivity contribution is 7.53. The molecule has 142 valence electrons. The van der Waals surface area contributed by atoms with E-state index in [1.165, 1.54) is 0 Å². The van der Waals surface area contributed by atoms with Crippen molar-refractivity contribution in [1.82, 2.24) is 5.32 Å². The van der Waals surface area contributed by atoms with E-state index in [-0.39, 0.29) is 19.4 Å². The molecule has 25 heavy (non-hydrogen) atoms. The second-order valence-electron chi connectivity index (χ2n) is 6.66. The molecule has 0 aliphatic heterocycles. The fourth-order valence-electron chi connectivity index (χ4n) is 2.34. The summed E-state index contributed by atoms with van der Waals surface area (Å²) in [5.41, 5.74) is 0.411. The molecule has 0 spiro atoms. The summed E-state index contributed by atoms with van der Waals surface area (Å²) in [5, 5.41) is 2.80. The van der Waals surface area contributed by atoms with Crippen molar-refractivity contribution in [2.75, 3.05) is 19.4 Å². The minimum Gasteiger partial charge on any atom is -0.444 e. The van der Waals surface area contributed by atoms with Crippen LogP contribution in [0.5, 0.6) is 0 Å². The topological polar surface area (TPSA) is 73.9 Å². The Morgan fingerprint density at radius 3 is 2.16 bits per heavy atom. The van der Waals surface area contributed by atoms with Gasteiger partial charge < -0.3 is 19.1 Å². The first-order chi connectivity index (χ1) is 11.7. The zero-order valence-electron chi connectivity index (χ0n) is 15.8. The Labute approximate surface area is 150 Å². The molecule has 1 amide bonds. The lowest BCUT2D eigenvalue weighted by atomic mass is 10.1. The zero-order valence-corrected chi connectivity index (χ0v) is 16.7. The van der Waals surface area contributed by atoms with Crippen molar-refractivity contribution in [2.24, 2.45) is 0 Å². The Morgan fingerprint density at radius 1 is 1.12 bits per heavy atom. The van der Waals surface area contributed by atoms with Crippen molar-refractivity contribution >= 4 is 13.7 Å². The van der Waals surface area contributed by atoms with E-state index in [9.17, 15) is 9.36 Å². The van der Waals surface area contributed by atoms with Gasteiger partial charge in [0.05, 0.1) is 19.4 Å². The predicted octanol–water partition coefficient (Wildman–Crippen LogP) is 4.39. The normalized spacial score (nSPS) is 13.3. The van der Waals surface area contributed by atoms with Crippen molar-refractivity contribution in [3.05, 3.63) is 35.9 Å². The number of carbonyl (C=O) groups excluding carboxylic acids is 1. The van der Waals surface area contributed by atoms with Crippen LogP contribution >= 0.6 is 7.60 Å². The molecule has 1 rings (SSSR count). The molecule has 1 aromatic carbocycles. The maximum atomic E-state index is 12.8. The van der Waals surface area contributed by atoms with Gasteiger partial charge in [0.25, 0.3) is 0 Å². The minimum absolute atomic E-state index is 0.0861. The Hall–Kier alpha value is -1.36. The molecule has 0 aromatic heterocycles. The van der Waals surface area contributed by atoms with E-state index < -0.39 is 25.3 Å². The van der Waals surface area contributed by atoms with Gasteiger partial charge in [-0.25, -0.2) is 4.79 Å². The number of carbonyl (C=O) groups is 1. The maximum Gasteiger partial charge on any atom is 0.407 e. The van der Waals surface area contributed by atoms with Crippen LogP contribution in [-0.4, -0.2) is 37.1 Å². The summed E-state index contributed by atoms with van der Waals surface area (Å²) in [5.74, 6) is 0. The van der Waals surface area contributed by atoms with Crippen LogP contribution in [0.3, 0.4) is 0 Å². The van der Waals surface area contributed by atoms with Crippen molar-refractivity contribution in [2.45, 2.75) is 52.7 Å². The first-order valence-corrected chi connectivity index (χ1v) is 10.3. The fraction of sp³-hybridized carbons (Fsp3) is 0.611. The lowest BCUT2D eigenvalue weighted by Crippen LogP contribution is -2.42. The second-order valence-corrected chi connectivity index (χ2v) is 8.77. The van der Waals surface area contributed by atoms with Crippen molar-refractivity contribution in [1.29, 1.82) is 0 Å². The lowest BCUT2D eigenvalue weighted by Gasteiger charge is -2.26. The van der Waals surface area contributed by atoms with E-state index in [0.29, 0.717) is 6.42 Å². The minimum atomic E-state index is -3.29. The van der Waals surface area contributed by atoms with E-state index >= 15 is 0 Å². The van der Waals surface area contributed by atoms with E-state index in [1.807, 2.05) is 30.3 Å². The molecule has 0 saturated heterocycles. The SMILES string of the molecule is CCOP(=O)(C[C@@H](Cc1ccccc1)NC(=O)OC(C)(C)C)OCC. The summed E-state index contributed by atoms with van der Waals surface area (Å²) in [7, 11) is -3.29. The van der Waals surface area contributed by atoms with Gasteiger partial charge in [0.2, 0.25) is 0 Å². The van der Waals surface area contributed by atoms with Crippen LogP contribution in [-0.2, 0) is 24.8 Å². The second kappa shape index (κ2) is 9.95. The number of hydrogen-bond donors (Lipinski definition) is 1. The third-order valence-electron chi connectivity index (χ3n) is 3.14. The molecule has 0 aliphatic carbocycles. The molecule has 0 heterocycles. The largest absolute Gasteiger partial charge is 0.444 e. The monoisotopic (exact) mass is 371 g/mol. The average Bonchev–Trinajstić information content (AvgIpc) is 2.46. The molecule has 1 atom stereocenters. The molecular weight excluding hydrogens is 341 g/mol. The van der Waals surface area contributed by atoms with Gasteiger partial charge in [-0.05, 0) is 46.6 Å². The van der Waals surface area contributed by atoms with Crippen LogP contribution in [0.25, 0.3) is 0 Å². The number of benzene rings is 1. The molecule has 1 N–H and O–H groups in total. The summed E-state index contributed by atoms with van der Waals surface area (Å²) in [4.78, 5) is 12.2. The van der Waals surface area contributed by atoms with Crippen LogP contribution < -0.4 is 5.32 Å². The van der Waals surface area contributed by atoms with E-state index in [2.05, 4.69) is 5.32 Å². The van der Waals surface area contributed by atoms with Gasteiger partial charge in [-0.15, -0.1) is 0 Å². The van der Waals surface area contributed by atoms with Crippen LogP contribution in [0.1, 0.15) is 40.2 Å². The van der Waals surface area contributed by atoms with E-state index in [4.69, 9.17) is 13.8 Å². The number of nitrogens with one attached hydrogen (secondary N) is 1. The van der Waals surface area contributed by atoms with E-state index in [1.54, 1.807) is 34.6 Å². The molecule has 0 saturated carbocycles. The molecule has 0 unspecified atom stereocenters. The van der Waals surface area contributed by atoms with Gasteiger partial charge >= 0.3 is 13.7 Å². The van der Waals surface area contributed by atoms with Crippen LogP contribution in [0.4, 0.5) is 4.79 Å². The Balaban J connectivity index is 2.89. The highest BCUT2D eigenvalue weighted by Crippen LogP contribution is 2.48. The number of amides is 1. The highest BCUT2D eigenvalue weighted by Gasteiger charge is 2.30. The van der Waals surface area contributed by atoms with Crippen LogP contribution in [0.15, 0.2) is 30.3 Å². The zero-order chi connectivity index (χ0) is 18.9. The third-order valence-corrected chi connectivity index (χ3v) is 5.33. The summed E-state index contributed by atoms with van der Waals surface area (Å²) in [6.45, 7) is 9.47. The molecule has 0 bridgehead atoms. The maximum absolute atomic E-state index is 12.8. The summed E-state index contributed by atoms with van der Waals surface area (Å²) < 4.78 is 28.9. The smallest absolute Gasteiger partial charge is 0.407 e. The predicted molar refractivity (Wildman–Crippen MR) is 99.0 cm³/mol. The third kappa shape index (κ3) is 9.05. The van der Waals surface area contributed by atoms with Gasteiger partial charge in [-0.3, -0.25) is 4.57 Å². The van der Waals surface area contributed by atoms with Gasteiger partial charge in [0, 0.05) is 6.04 Å². The van der Waals surface area contributed by atoms with Crippen molar-refractivity contribution < 1.29 is 23.1 Å². The number of hydrogen-bond acceptors (Lipinski definition) is 5. The Kier molecular flexibility index (Phi) is 8.63. The molecule has 7 heteroatoms. The first-order valence-electron chi connectivity index (χ1n) is 8.59. The number of ether oxygens (including phenoxy) is 1. The molecule has 0 fully saturated rings. The van der Waals surface area contributed by atoms with E-state index in [0.717, 1.165) is 5.56 Å². The molecule has 1 aromatic rings. The lowest BCUT2D eigenvalue weighted by molar-refractivity contribution is 0.0508. The first kappa shape index (κ1) is 21.7. The van der Waals surface area contributed by atoms with Crippen molar-refractivity contribution in [3.8, 4) is 0 Å². The summed E-state index contributed by atoms with van der Waals surface area (Å²) in [6.07, 6.45) is 0.0421. The Bertz CT molecular complexity index is 561. The average molecular weight is 371 g/mol. The fourth-order valence-corrected chi connectivity index (χ4v) is 4.17. The quantitative estimate of drug-likeness (QED) is 0.652. The summed E-state index contributed by atoms with van der Waals surface area (Å²) in [6, 6.07) is 9.24. The van der Waals surface area contributed by atoms with Gasteiger partial charge in [-0.1, -0.05) is 30.3 Å². The van der Waals surface area contributed by atoms with Crippen molar-refractivity contribution in [3.63, 3.8) is 0 Å². The van der Waals surface area contributed by atoms with Crippen LogP contribution in [0.2, 0.25) is 0 Å². The number of rotatable bonds is 9. The highest BCUT2D eigenvalue weighted by atomic mass is 31.2. The Morgan fingerprint density at radius 2 is 1.68 bits per heavy atom. The van der Waals surface area contributed by atoms with Gasteiger partial charge in [0.15, 0.2) is 0 Å². The molecular formula is C18H30NO5P.